The fraction of sp³-hybridized carbons (Fsp3) is 0.346. The van der Waals surface area contributed by atoms with E-state index in [9.17, 15) is 9.59 Å². The van der Waals surface area contributed by atoms with Crippen LogP contribution in [0, 0.1) is 0 Å². The van der Waals surface area contributed by atoms with Gasteiger partial charge < -0.3 is 19.5 Å². The lowest BCUT2D eigenvalue weighted by atomic mass is 9.95. The lowest BCUT2D eigenvalue weighted by Crippen LogP contribution is -2.37. The van der Waals surface area contributed by atoms with E-state index in [1.165, 1.54) is 0 Å². The van der Waals surface area contributed by atoms with E-state index in [2.05, 4.69) is 24.1 Å². The molecule has 8 heteroatoms. The van der Waals surface area contributed by atoms with Gasteiger partial charge in [-0.1, -0.05) is 24.3 Å². The molecule has 0 saturated carbocycles. The summed E-state index contributed by atoms with van der Waals surface area (Å²) in [6, 6.07) is 13.4. The number of benzene rings is 2. The molecule has 0 bridgehead atoms. The summed E-state index contributed by atoms with van der Waals surface area (Å²) in [6.07, 6.45) is 0.772. The molecule has 2 aromatic carbocycles. The number of nitrogens with one attached hydrogen (secondary N) is 1. The van der Waals surface area contributed by atoms with Crippen LogP contribution >= 0.6 is 0 Å². The van der Waals surface area contributed by atoms with E-state index in [0.29, 0.717) is 36.2 Å². The predicted molar refractivity (Wildman–Crippen MR) is 126 cm³/mol. The third-order valence-electron chi connectivity index (χ3n) is 6.27. The van der Waals surface area contributed by atoms with Crippen molar-refractivity contribution in [2.24, 2.45) is 0 Å². The number of carbonyl (C=O) groups is 2. The van der Waals surface area contributed by atoms with E-state index in [4.69, 9.17) is 19.2 Å². The van der Waals surface area contributed by atoms with Crippen molar-refractivity contribution < 1.29 is 23.8 Å². The zero-order valence-electron chi connectivity index (χ0n) is 19.3. The molecule has 0 unspecified atom stereocenters. The molecular weight excluding hydrogens is 434 g/mol. The third kappa shape index (κ3) is 4.41. The van der Waals surface area contributed by atoms with Gasteiger partial charge >= 0.3 is 5.97 Å². The second-order valence-corrected chi connectivity index (χ2v) is 8.78. The molecule has 34 heavy (non-hydrogen) atoms. The number of carbonyl (C=O) groups excluding carboxylic acids is 2. The second-order valence-electron chi connectivity index (χ2n) is 8.78. The van der Waals surface area contributed by atoms with Crippen LogP contribution < -0.4 is 14.8 Å². The number of nitrogens with zero attached hydrogens (tertiary/aromatic N) is 2. The number of fused-ring (bicyclic) bond motifs is 3. The Bertz CT molecular complexity index is 1260. The number of para-hydroxylation sites is 1. The molecule has 0 aliphatic carbocycles. The standard InChI is InChI=1S/C26H27N3O5/c1-16(2)29-10-9-21-19(13-29)25(18-5-3-4-6-20(18)28-21)26(31)32-14-24(30)27-12-17-7-8-22-23(11-17)34-15-33-22/h3-8,11,16H,9-10,12-15H2,1-2H3,(H,27,30). The van der Waals surface area contributed by atoms with Crippen LogP contribution in [0.5, 0.6) is 11.5 Å². The monoisotopic (exact) mass is 461 g/mol. The summed E-state index contributed by atoms with van der Waals surface area (Å²) in [4.78, 5) is 32.8. The van der Waals surface area contributed by atoms with Gasteiger partial charge in [0.15, 0.2) is 18.1 Å². The smallest absolute Gasteiger partial charge is 0.339 e. The molecule has 0 atom stereocenters. The number of esters is 1. The van der Waals surface area contributed by atoms with Gasteiger partial charge in [-0.2, -0.15) is 0 Å². The minimum absolute atomic E-state index is 0.198. The Kier molecular flexibility index (Phi) is 6.06. The van der Waals surface area contributed by atoms with E-state index in [1.807, 2.05) is 42.5 Å². The van der Waals surface area contributed by atoms with Gasteiger partial charge in [0, 0.05) is 48.7 Å². The summed E-state index contributed by atoms with van der Waals surface area (Å²) in [7, 11) is 0. The predicted octanol–water partition coefficient (Wildman–Crippen LogP) is 3.20. The van der Waals surface area contributed by atoms with Crippen LogP contribution in [-0.4, -0.2) is 47.7 Å². The molecule has 0 radical (unpaired) electrons. The highest BCUT2D eigenvalue weighted by atomic mass is 16.7. The molecule has 5 rings (SSSR count). The zero-order valence-corrected chi connectivity index (χ0v) is 19.3. The first kappa shape index (κ1) is 22.2. The minimum Gasteiger partial charge on any atom is -0.454 e. The number of hydrogen-bond donors (Lipinski definition) is 1. The molecule has 3 aromatic rings. The van der Waals surface area contributed by atoms with Gasteiger partial charge in [0.2, 0.25) is 6.79 Å². The topological polar surface area (TPSA) is 90.0 Å². The second kappa shape index (κ2) is 9.30. The fourth-order valence-electron chi connectivity index (χ4n) is 4.39. The van der Waals surface area contributed by atoms with Crippen molar-refractivity contribution >= 4 is 22.8 Å². The van der Waals surface area contributed by atoms with Crippen LogP contribution in [0.3, 0.4) is 0 Å². The molecule has 2 aliphatic heterocycles. The van der Waals surface area contributed by atoms with E-state index in [0.717, 1.165) is 40.7 Å². The van der Waals surface area contributed by atoms with Crippen molar-refractivity contribution in [3.63, 3.8) is 0 Å². The van der Waals surface area contributed by atoms with Crippen LogP contribution in [0.25, 0.3) is 10.9 Å². The van der Waals surface area contributed by atoms with Crippen LogP contribution in [0.15, 0.2) is 42.5 Å². The fourth-order valence-corrected chi connectivity index (χ4v) is 4.39. The third-order valence-corrected chi connectivity index (χ3v) is 6.27. The summed E-state index contributed by atoms with van der Waals surface area (Å²) >= 11 is 0. The highest BCUT2D eigenvalue weighted by Gasteiger charge is 2.28. The van der Waals surface area contributed by atoms with Gasteiger partial charge in [-0.25, -0.2) is 4.79 Å². The molecule has 176 valence electrons. The number of pyridine rings is 1. The van der Waals surface area contributed by atoms with E-state index < -0.39 is 5.97 Å². The average molecular weight is 462 g/mol. The normalized spacial score (nSPS) is 14.8. The van der Waals surface area contributed by atoms with Gasteiger partial charge in [0.25, 0.3) is 5.91 Å². The van der Waals surface area contributed by atoms with Crippen LogP contribution in [0.2, 0.25) is 0 Å². The first-order valence-electron chi connectivity index (χ1n) is 11.5. The summed E-state index contributed by atoms with van der Waals surface area (Å²) in [5.41, 5.74) is 3.96. The molecule has 0 fully saturated rings. The van der Waals surface area contributed by atoms with Gasteiger partial charge in [-0.3, -0.25) is 14.7 Å². The summed E-state index contributed by atoms with van der Waals surface area (Å²) in [6.45, 7) is 5.94. The van der Waals surface area contributed by atoms with Crippen molar-refractivity contribution in [3.05, 3.63) is 64.8 Å². The van der Waals surface area contributed by atoms with Crippen molar-refractivity contribution in [1.29, 1.82) is 0 Å². The van der Waals surface area contributed by atoms with Crippen LogP contribution in [-0.2, 0) is 29.0 Å². The van der Waals surface area contributed by atoms with Crippen molar-refractivity contribution in [3.8, 4) is 11.5 Å². The van der Waals surface area contributed by atoms with Gasteiger partial charge in [-0.15, -0.1) is 0 Å². The largest absolute Gasteiger partial charge is 0.454 e. The molecule has 2 aliphatic rings. The van der Waals surface area contributed by atoms with E-state index in [-0.39, 0.29) is 19.3 Å². The van der Waals surface area contributed by atoms with Crippen molar-refractivity contribution in [2.45, 2.75) is 39.4 Å². The summed E-state index contributed by atoms with van der Waals surface area (Å²) < 4.78 is 16.1. The van der Waals surface area contributed by atoms with Crippen molar-refractivity contribution in [1.82, 2.24) is 15.2 Å². The summed E-state index contributed by atoms with van der Waals surface area (Å²) in [5.74, 6) is 0.469. The first-order chi connectivity index (χ1) is 16.5. The molecule has 1 aromatic heterocycles. The van der Waals surface area contributed by atoms with Gasteiger partial charge in [-0.05, 0) is 37.6 Å². The lowest BCUT2D eigenvalue weighted by molar-refractivity contribution is -0.124. The lowest BCUT2D eigenvalue weighted by Gasteiger charge is -2.32. The molecule has 1 amide bonds. The maximum Gasteiger partial charge on any atom is 0.339 e. The maximum absolute atomic E-state index is 13.2. The highest BCUT2D eigenvalue weighted by molar-refractivity contribution is 6.05. The Labute approximate surface area is 197 Å². The quantitative estimate of drug-likeness (QED) is 0.564. The first-order valence-corrected chi connectivity index (χ1v) is 11.5. The number of rotatable bonds is 6. The molecule has 8 nitrogen and oxygen atoms in total. The average Bonchev–Trinajstić information content (AvgIpc) is 3.32. The summed E-state index contributed by atoms with van der Waals surface area (Å²) in [5, 5.41) is 3.53. The number of ether oxygens (including phenoxy) is 3. The maximum atomic E-state index is 13.2. The molecule has 0 saturated heterocycles. The SMILES string of the molecule is CC(C)N1CCc2nc3ccccc3c(C(=O)OCC(=O)NCc3ccc4c(c3)OCO4)c2C1. The Morgan fingerprint density at radius 2 is 1.97 bits per heavy atom. The van der Waals surface area contributed by atoms with Gasteiger partial charge in [0.05, 0.1) is 11.1 Å². The molecular formula is C26H27N3O5. The molecule has 0 spiro atoms. The van der Waals surface area contributed by atoms with Crippen LogP contribution in [0.1, 0.15) is 41.0 Å². The zero-order chi connectivity index (χ0) is 23.7. The number of amides is 1. The Balaban J connectivity index is 1.29. The van der Waals surface area contributed by atoms with E-state index in [1.54, 1.807) is 0 Å². The number of hydrogen-bond acceptors (Lipinski definition) is 7. The number of aromatic nitrogens is 1. The molecule has 3 heterocycles. The Morgan fingerprint density at radius 3 is 2.82 bits per heavy atom. The Morgan fingerprint density at radius 1 is 1.15 bits per heavy atom. The van der Waals surface area contributed by atoms with Crippen molar-refractivity contribution in [2.75, 3.05) is 19.9 Å². The highest BCUT2D eigenvalue weighted by Crippen LogP contribution is 2.32. The molecule has 1 N–H and O–H groups in total. The van der Waals surface area contributed by atoms with Gasteiger partial charge in [0.1, 0.15) is 0 Å². The van der Waals surface area contributed by atoms with Crippen LogP contribution in [0.4, 0.5) is 0 Å². The minimum atomic E-state index is -0.501. The Hall–Kier alpha value is -3.65. The van der Waals surface area contributed by atoms with E-state index >= 15 is 0 Å².